The summed E-state index contributed by atoms with van der Waals surface area (Å²) in [4.78, 5) is 2.51. The molecule has 0 radical (unpaired) electrons. The predicted molar refractivity (Wildman–Crippen MR) is 71.3 cm³/mol. The smallest absolute Gasteiger partial charge is 0.0317 e. The summed E-state index contributed by atoms with van der Waals surface area (Å²) in [5, 5.41) is 0. The maximum Gasteiger partial charge on any atom is 0.0317 e. The lowest BCUT2D eigenvalue weighted by Crippen LogP contribution is -2.25. The predicted octanol–water partition coefficient (Wildman–Crippen LogP) is 3.28. The molecule has 0 unspecified atom stereocenters. The molecule has 0 saturated heterocycles. The second kappa shape index (κ2) is 7.29. The largest absolute Gasteiger partial charge is 0.399 e. The highest BCUT2D eigenvalue weighted by Gasteiger charge is 2.04. The summed E-state index contributed by atoms with van der Waals surface area (Å²) < 4.78 is 0. The average Bonchev–Trinajstić information content (AvgIpc) is 2.26. The first-order chi connectivity index (χ1) is 7.76. The van der Waals surface area contributed by atoms with Crippen LogP contribution in [-0.4, -0.2) is 18.0 Å². The van der Waals surface area contributed by atoms with Crippen LogP contribution < -0.4 is 5.73 Å². The molecular weight excluding hydrogens is 196 g/mol. The fourth-order valence-electron chi connectivity index (χ4n) is 1.92. The highest BCUT2D eigenvalue weighted by atomic mass is 15.1. The molecule has 0 atom stereocenters. The Labute approximate surface area is 99.5 Å². The number of anilines is 1. The van der Waals surface area contributed by atoms with Crippen molar-refractivity contribution in [2.45, 2.75) is 39.7 Å². The molecule has 1 aromatic carbocycles. The molecular formula is C14H24N2. The van der Waals surface area contributed by atoms with Gasteiger partial charge in [0, 0.05) is 12.2 Å². The number of benzene rings is 1. The van der Waals surface area contributed by atoms with Crippen molar-refractivity contribution >= 4 is 5.69 Å². The molecule has 16 heavy (non-hydrogen) atoms. The van der Waals surface area contributed by atoms with Crippen LogP contribution in [0.4, 0.5) is 5.69 Å². The minimum Gasteiger partial charge on any atom is -0.399 e. The van der Waals surface area contributed by atoms with Gasteiger partial charge in [0.1, 0.15) is 0 Å². The zero-order valence-electron chi connectivity index (χ0n) is 10.6. The van der Waals surface area contributed by atoms with Gasteiger partial charge in [0.25, 0.3) is 0 Å². The number of hydrogen-bond acceptors (Lipinski definition) is 2. The highest BCUT2D eigenvalue weighted by molar-refractivity contribution is 5.40. The fourth-order valence-corrected chi connectivity index (χ4v) is 1.92. The van der Waals surface area contributed by atoms with Crippen molar-refractivity contribution in [1.82, 2.24) is 4.90 Å². The van der Waals surface area contributed by atoms with Crippen LogP contribution in [0.25, 0.3) is 0 Å². The Morgan fingerprint density at radius 3 is 2.56 bits per heavy atom. The zero-order chi connectivity index (χ0) is 11.8. The minimum absolute atomic E-state index is 0.865. The quantitative estimate of drug-likeness (QED) is 0.714. The van der Waals surface area contributed by atoms with Crippen molar-refractivity contribution in [1.29, 1.82) is 0 Å². The van der Waals surface area contributed by atoms with Gasteiger partial charge in [-0.15, -0.1) is 0 Å². The summed E-state index contributed by atoms with van der Waals surface area (Å²) in [6.07, 6.45) is 3.76. The Balaban J connectivity index is 2.52. The molecule has 0 saturated carbocycles. The van der Waals surface area contributed by atoms with E-state index < -0.39 is 0 Å². The lowest BCUT2D eigenvalue weighted by Gasteiger charge is -2.21. The van der Waals surface area contributed by atoms with Gasteiger partial charge in [-0.25, -0.2) is 0 Å². The molecule has 1 rings (SSSR count). The number of hydrogen-bond donors (Lipinski definition) is 1. The molecule has 90 valence electrons. The van der Waals surface area contributed by atoms with Crippen molar-refractivity contribution in [3.05, 3.63) is 29.8 Å². The first-order valence-electron chi connectivity index (χ1n) is 6.33. The van der Waals surface area contributed by atoms with Crippen molar-refractivity contribution < 1.29 is 0 Å². The third kappa shape index (κ3) is 4.67. The summed E-state index contributed by atoms with van der Waals surface area (Å²) in [6, 6.07) is 8.22. The first kappa shape index (κ1) is 13.0. The summed E-state index contributed by atoms with van der Waals surface area (Å²) in [5.74, 6) is 0. The average molecular weight is 220 g/mol. The molecule has 0 fully saturated rings. The molecule has 2 nitrogen and oxygen atoms in total. The summed E-state index contributed by atoms with van der Waals surface area (Å²) >= 11 is 0. The van der Waals surface area contributed by atoms with Gasteiger partial charge in [-0.2, -0.15) is 0 Å². The van der Waals surface area contributed by atoms with E-state index in [0.717, 1.165) is 12.2 Å². The maximum atomic E-state index is 5.79. The lowest BCUT2D eigenvalue weighted by atomic mass is 10.2. The Morgan fingerprint density at radius 2 is 1.94 bits per heavy atom. The van der Waals surface area contributed by atoms with E-state index >= 15 is 0 Å². The fraction of sp³-hybridized carbons (Fsp3) is 0.571. The van der Waals surface area contributed by atoms with Gasteiger partial charge in [-0.05, 0) is 43.6 Å². The highest BCUT2D eigenvalue weighted by Crippen LogP contribution is 2.10. The topological polar surface area (TPSA) is 29.3 Å². The van der Waals surface area contributed by atoms with Crippen molar-refractivity contribution in [2.75, 3.05) is 18.8 Å². The van der Waals surface area contributed by atoms with Gasteiger partial charge in [0.2, 0.25) is 0 Å². The van der Waals surface area contributed by atoms with Crippen molar-refractivity contribution in [2.24, 2.45) is 0 Å². The molecule has 0 bridgehead atoms. The van der Waals surface area contributed by atoms with Crippen LogP contribution in [-0.2, 0) is 6.54 Å². The van der Waals surface area contributed by atoms with Crippen LogP contribution >= 0.6 is 0 Å². The van der Waals surface area contributed by atoms with E-state index in [2.05, 4.69) is 30.9 Å². The van der Waals surface area contributed by atoms with Gasteiger partial charge in [-0.3, -0.25) is 4.90 Å². The summed E-state index contributed by atoms with van der Waals surface area (Å²) in [7, 11) is 0. The molecule has 0 spiro atoms. The lowest BCUT2D eigenvalue weighted by molar-refractivity contribution is 0.262. The molecule has 0 aliphatic heterocycles. The van der Waals surface area contributed by atoms with Crippen LogP contribution in [0.5, 0.6) is 0 Å². The van der Waals surface area contributed by atoms with E-state index in [1.165, 1.54) is 37.9 Å². The Morgan fingerprint density at radius 1 is 1.12 bits per heavy atom. The molecule has 0 aromatic heterocycles. The molecule has 2 N–H and O–H groups in total. The van der Waals surface area contributed by atoms with Crippen LogP contribution in [0.3, 0.4) is 0 Å². The van der Waals surface area contributed by atoms with Crippen LogP contribution in [0.15, 0.2) is 24.3 Å². The number of nitrogens with zero attached hydrogens (tertiary/aromatic N) is 1. The number of unbranched alkanes of at least 4 members (excludes halogenated alkanes) is 1. The zero-order valence-corrected chi connectivity index (χ0v) is 10.6. The van der Waals surface area contributed by atoms with Crippen LogP contribution in [0.2, 0.25) is 0 Å². The molecule has 2 heteroatoms. The molecule has 0 amide bonds. The third-order valence-electron chi connectivity index (χ3n) is 2.72. The van der Waals surface area contributed by atoms with Crippen molar-refractivity contribution in [3.63, 3.8) is 0 Å². The summed E-state index contributed by atoms with van der Waals surface area (Å²) in [5.41, 5.74) is 7.98. The standard InChI is InChI=1S/C14H24N2/c1-3-5-10-16(9-4-2)12-13-7-6-8-14(15)11-13/h6-8,11H,3-5,9-10,12,15H2,1-2H3. The van der Waals surface area contributed by atoms with E-state index in [4.69, 9.17) is 5.73 Å². The van der Waals surface area contributed by atoms with Crippen LogP contribution in [0.1, 0.15) is 38.7 Å². The molecule has 1 aromatic rings. The van der Waals surface area contributed by atoms with Crippen molar-refractivity contribution in [3.8, 4) is 0 Å². The minimum atomic E-state index is 0.865. The van der Waals surface area contributed by atoms with Gasteiger partial charge in [-0.1, -0.05) is 32.4 Å². The van der Waals surface area contributed by atoms with Gasteiger partial charge < -0.3 is 5.73 Å². The second-order valence-corrected chi connectivity index (χ2v) is 4.37. The van der Waals surface area contributed by atoms with Gasteiger partial charge in [0.15, 0.2) is 0 Å². The molecule has 0 aliphatic carbocycles. The van der Waals surface area contributed by atoms with Gasteiger partial charge >= 0.3 is 0 Å². The number of rotatable bonds is 7. The van der Waals surface area contributed by atoms with E-state index in [9.17, 15) is 0 Å². The van der Waals surface area contributed by atoms with E-state index in [-0.39, 0.29) is 0 Å². The van der Waals surface area contributed by atoms with Crippen LogP contribution in [0, 0.1) is 0 Å². The molecule has 0 aliphatic rings. The normalized spacial score (nSPS) is 10.9. The summed E-state index contributed by atoms with van der Waals surface area (Å²) in [6.45, 7) is 7.87. The number of nitrogen functional groups attached to an aromatic ring is 1. The Bertz CT molecular complexity index is 297. The first-order valence-corrected chi connectivity index (χ1v) is 6.33. The van der Waals surface area contributed by atoms with E-state index in [0.29, 0.717) is 0 Å². The van der Waals surface area contributed by atoms with E-state index in [1.54, 1.807) is 0 Å². The monoisotopic (exact) mass is 220 g/mol. The van der Waals surface area contributed by atoms with E-state index in [1.807, 2.05) is 12.1 Å². The SMILES string of the molecule is CCCCN(CCC)Cc1cccc(N)c1. The second-order valence-electron chi connectivity index (χ2n) is 4.37. The Kier molecular flexibility index (Phi) is 5.94. The maximum absolute atomic E-state index is 5.79. The molecule has 0 heterocycles. The third-order valence-corrected chi connectivity index (χ3v) is 2.72. The Hall–Kier alpha value is -1.02. The number of nitrogens with two attached hydrogens (primary N) is 1. The van der Waals surface area contributed by atoms with Gasteiger partial charge in [0.05, 0.1) is 0 Å².